The Morgan fingerprint density at radius 1 is 1.33 bits per heavy atom. The summed E-state index contributed by atoms with van der Waals surface area (Å²) in [6.45, 7) is 2.67. The fourth-order valence-electron chi connectivity index (χ4n) is 2.00. The number of pyridine rings is 1. The first-order valence-electron chi connectivity index (χ1n) is 6.80. The number of anilines is 1. The van der Waals surface area contributed by atoms with Gasteiger partial charge in [0.2, 0.25) is 0 Å². The summed E-state index contributed by atoms with van der Waals surface area (Å²) in [5, 5.41) is 3.05. The molecule has 0 saturated heterocycles. The number of nitrogens with one attached hydrogen (secondary N) is 1. The van der Waals surface area contributed by atoms with Gasteiger partial charge in [-0.15, -0.1) is 0 Å². The van der Waals surface area contributed by atoms with E-state index < -0.39 is 0 Å². The third kappa shape index (κ3) is 4.21. The molecular weight excluding hydrogens is 264 g/mol. The average Bonchev–Trinajstić information content (AvgIpc) is 2.50. The summed E-state index contributed by atoms with van der Waals surface area (Å²) in [5.41, 5.74) is 9.11. The van der Waals surface area contributed by atoms with Crippen molar-refractivity contribution >= 4 is 11.6 Å². The molecule has 0 fully saturated rings. The molecule has 1 heterocycles. The van der Waals surface area contributed by atoms with Gasteiger partial charge in [-0.25, -0.2) is 0 Å². The highest BCUT2D eigenvalue weighted by molar-refractivity contribution is 5.93. The van der Waals surface area contributed by atoms with Crippen LogP contribution in [0.3, 0.4) is 0 Å². The Kier molecular flexibility index (Phi) is 5.15. The van der Waals surface area contributed by atoms with Crippen molar-refractivity contribution in [2.45, 2.75) is 13.3 Å². The lowest BCUT2D eigenvalue weighted by Crippen LogP contribution is -2.23. The molecule has 0 aliphatic heterocycles. The average molecular weight is 284 g/mol. The summed E-state index contributed by atoms with van der Waals surface area (Å²) in [4.78, 5) is 8.41. The van der Waals surface area contributed by atoms with E-state index >= 15 is 0 Å². The van der Waals surface area contributed by atoms with E-state index in [9.17, 15) is 0 Å². The number of guanidine groups is 1. The Bertz CT molecular complexity index is 625. The highest BCUT2D eigenvalue weighted by Gasteiger charge is 2.02. The quantitative estimate of drug-likeness (QED) is 0.653. The minimum atomic E-state index is 0.381. The van der Waals surface area contributed by atoms with Gasteiger partial charge in [-0.2, -0.15) is 0 Å². The van der Waals surface area contributed by atoms with Crippen LogP contribution in [0, 0.1) is 6.92 Å². The number of para-hydroxylation sites is 2. The van der Waals surface area contributed by atoms with Crippen LogP contribution in [0.25, 0.3) is 0 Å². The van der Waals surface area contributed by atoms with Crippen molar-refractivity contribution < 1.29 is 4.74 Å². The maximum atomic E-state index is 5.90. The first kappa shape index (κ1) is 14.8. The van der Waals surface area contributed by atoms with Crippen molar-refractivity contribution in [1.29, 1.82) is 0 Å². The van der Waals surface area contributed by atoms with Crippen LogP contribution >= 0.6 is 0 Å². The number of nitrogens with zero attached hydrogens (tertiary/aromatic N) is 2. The number of aryl methyl sites for hydroxylation is 1. The summed E-state index contributed by atoms with van der Waals surface area (Å²) in [6, 6.07) is 9.60. The normalized spacial score (nSPS) is 11.2. The number of nitrogens with two attached hydrogens (primary N) is 1. The molecule has 1 aromatic heterocycles. The zero-order valence-corrected chi connectivity index (χ0v) is 12.3. The van der Waals surface area contributed by atoms with Crippen LogP contribution in [0.15, 0.2) is 47.7 Å². The molecule has 2 aromatic rings. The highest BCUT2D eigenvalue weighted by atomic mass is 16.5. The van der Waals surface area contributed by atoms with Crippen molar-refractivity contribution in [3.05, 3.63) is 53.9 Å². The number of methoxy groups -OCH3 is 1. The van der Waals surface area contributed by atoms with E-state index in [-0.39, 0.29) is 0 Å². The number of benzene rings is 1. The van der Waals surface area contributed by atoms with Crippen molar-refractivity contribution in [2.75, 3.05) is 19.0 Å². The summed E-state index contributed by atoms with van der Waals surface area (Å²) >= 11 is 0. The molecule has 0 aliphatic carbocycles. The van der Waals surface area contributed by atoms with Gasteiger partial charge >= 0.3 is 0 Å². The molecule has 2 rings (SSSR count). The van der Waals surface area contributed by atoms with E-state index in [2.05, 4.69) is 15.3 Å². The van der Waals surface area contributed by atoms with Gasteiger partial charge in [0.1, 0.15) is 5.75 Å². The van der Waals surface area contributed by atoms with Crippen molar-refractivity contribution in [1.82, 2.24) is 4.98 Å². The molecule has 3 N–H and O–H groups in total. The zero-order valence-electron chi connectivity index (χ0n) is 12.3. The van der Waals surface area contributed by atoms with Crippen molar-refractivity contribution in [2.24, 2.45) is 10.7 Å². The van der Waals surface area contributed by atoms with Crippen LogP contribution < -0.4 is 15.8 Å². The molecule has 0 aliphatic rings. The second-order valence-electron chi connectivity index (χ2n) is 4.64. The Balaban J connectivity index is 1.94. The van der Waals surface area contributed by atoms with Crippen LogP contribution in [0.2, 0.25) is 0 Å². The van der Waals surface area contributed by atoms with Gasteiger partial charge in [0.05, 0.1) is 12.8 Å². The molecule has 0 bridgehead atoms. The molecular formula is C16H20N4O. The van der Waals surface area contributed by atoms with Crippen molar-refractivity contribution in [3.63, 3.8) is 0 Å². The van der Waals surface area contributed by atoms with E-state index in [1.807, 2.05) is 43.5 Å². The number of aliphatic imine (C=N–C) groups is 1. The smallest absolute Gasteiger partial charge is 0.193 e. The van der Waals surface area contributed by atoms with Crippen LogP contribution in [0.5, 0.6) is 5.75 Å². The fraction of sp³-hybridized carbons (Fsp3) is 0.250. The summed E-state index contributed by atoms with van der Waals surface area (Å²) in [7, 11) is 1.63. The predicted octanol–water partition coefficient (Wildman–Crippen LogP) is 2.37. The number of ether oxygens (including phenoxy) is 1. The van der Waals surface area contributed by atoms with Gasteiger partial charge in [-0.1, -0.05) is 12.1 Å². The first-order valence-corrected chi connectivity index (χ1v) is 6.80. The fourth-order valence-corrected chi connectivity index (χ4v) is 2.00. The molecule has 5 nitrogen and oxygen atoms in total. The largest absolute Gasteiger partial charge is 0.495 e. The van der Waals surface area contributed by atoms with Gasteiger partial charge in [0.15, 0.2) is 5.96 Å². The molecule has 0 spiro atoms. The van der Waals surface area contributed by atoms with Gasteiger partial charge < -0.3 is 15.8 Å². The van der Waals surface area contributed by atoms with Crippen LogP contribution in [0.4, 0.5) is 5.69 Å². The lowest BCUT2D eigenvalue weighted by molar-refractivity contribution is 0.417. The number of aromatic nitrogens is 1. The third-order valence-corrected chi connectivity index (χ3v) is 3.17. The maximum Gasteiger partial charge on any atom is 0.193 e. The molecule has 5 heteroatoms. The lowest BCUT2D eigenvalue weighted by atomic mass is 10.1. The van der Waals surface area contributed by atoms with Crippen LogP contribution in [-0.4, -0.2) is 24.6 Å². The van der Waals surface area contributed by atoms with Gasteiger partial charge in [0, 0.05) is 18.9 Å². The minimum absolute atomic E-state index is 0.381. The summed E-state index contributed by atoms with van der Waals surface area (Å²) in [6.07, 6.45) is 4.49. The predicted molar refractivity (Wildman–Crippen MR) is 85.8 cm³/mol. The molecule has 0 unspecified atom stereocenters. The second-order valence-corrected chi connectivity index (χ2v) is 4.64. The molecule has 110 valence electrons. The van der Waals surface area contributed by atoms with E-state index in [1.54, 1.807) is 13.3 Å². The van der Waals surface area contributed by atoms with E-state index in [1.165, 1.54) is 11.1 Å². The Morgan fingerprint density at radius 2 is 2.14 bits per heavy atom. The van der Waals surface area contributed by atoms with Crippen molar-refractivity contribution in [3.8, 4) is 5.75 Å². The number of hydrogen-bond acceptors (Lipinski definition) is 3. The van der Waals surface area contributed by atoms with Gasteiger partial charge in [-0.3, -0.25) is 9.98 Å². The van der Waals surface area contributed by atoms with Crippen LogP contribution in [0.1, 0.15) is 11.1 Å². The Hall–Kier alpha value is -2.56. The highest BCUT2D eigenvalue weighted by Crippen LogP contribution is 2.22. The SMILES string of the molecule is COc1ccccc1NC(N)=NCCc1ccncc1C. The first-order chi connectivity index (χ1) is 10.2. The number of hydrogen-bond donors (Lipinski definition) is 2. The molecule has 0 radical (unpaired) electrons. The third-order valence-electron chi connectivity index (χ3n) is 3.17. The monoisotopic (exact) mass is 284 g/mol. The van der Waals surface area contributed by atoms with E-state index in [4.69, 9.17) is 10.5 Å². The molecule has 0 saturated carbocycles. The Labute approximate surface area is 124 Å². The molecule has 1 aromatic carbocycles. The molecule has 0 amide bonds. The zero-order chi connectivity index (χ0) is 15.1. The lowest BCUT2D eigenvalue weighted by Gasteiger charge is -2.10. The standard InChI is InChI=1S/C16H20N4O/c1-12-11-18-9-7-13(12)8-10-19-16(17)20-14-5-3-4-6-15(14)21-2/h3-7,9,11H,8,10H2,1-2H3,(H3,17,19,20). The summed E-state index contributed by atoms with van der Waals surface area (Å²) < 4.78 is 5.26. The number of rotatable bonds is 5. The van der Waals surface area contributed by atoms with Crippen LogP contribution in [-0.2, 0) is 6.42 Å². The Morgan fingerprint density at radius 3 is 2.90 bits per heavy atom. The molecule has 0 atom stereocenters. The van der Waals surface area contributed by atoms with E-state index in [0.29, 0.717) is 12.5 Å². The minimum Gasteiger partial charge on any atom is -0.495 e. The topological polar surface area (TPSA) is 72.5 Å². The van der Waals surface area contributed by atoms with E-state index in [0.717, 1.165) is 17.9 Å². The molecule has 21 heavy (non-hydrogen) atoms. The van der Waals surface area contributed by atoms with Gasteiger partial charge in [0.25, 0.3) is 0 Å². The maximum absolute atomic E-state index is 5.90. The van der Waals surface area contributed by atoms with Gasteiger partial charge in [-0.05, 0) is 42.7 Å². The second kappa shape index (κ2) is 7.28. The summed E-state index contributed by atoms with van der Waals surface area (Å²) in [5.74, 6) is 1.12.